The zero-order valence-corrected chi connectivity index (χ0v) is 14.1. The SMILES string of the molecule is CC(NCCc1ccc(Br)s1)c1ccc(NC(N)=O)cc1. The number of anilines is 1. The number of urea groups is 1. The predicted molar refractivity (Wildman–Crippen MR) is 91.8 cm³/mol. The first kappa shape index (κ1) is 16.0. The van der Waals surface area contributed by atoms with E-state index >= 15 is 0 Å². The molecule has 0 fully saturated rings. The van der Waals surface area contributed by atoms with Crippen molar-refractivity contribution in [2.45, 2.75) is 19.4 Å². The highest BCUT2D eigenvalue weighted by atomic mass is 79.9. The van der Waals surface area contributed by atoms with Crippen LogP contribution < -0.4 is 16.4 Å². The van der Waals surface area contributed by atoms with Crippen LogP contribution in [0.1, 0.15) is 23.4 Å². The molecule has 2 rings (SSSR count). The summed E-state index contributed by atoms with van der Waals surface area (Å²) in [6.07, 6.45) is 1.02. The number of carbonyl (C=O) groups excluding carboxylic acids is 1. The van der Waals surface area contributed by atoms with E-state index in [9.17, 15) is 4.79 Å². The van der Waals surface area contributed by atoms with Crippen molar-refractivity contribution in [2.24, 2.45) is 5.73 Å². The number of benzene rings is 1. The number of hydrogen-bond donors (Lipinski definition) is 3. The molecular formula is C15H18BrN3OS. The second-order valence-electron chi connectivity index (χ2n) is 4.74. The number of halogens is 1. The van der Waals surface area contributed by atoms with E-state index in [0.29, 0.717) is 5.69 Å². The molecule has 0 aliphatic heterocycles. The fraction of sp³-hybridized carbons (Fsp3) is 0.267. The highest BCUT2D eigenvalue weighted by Gasteiger charge is 2.05. The largest absolute Gasteiger partial charge is 0.351 e. The molecule has 0 saturated heterocycles. The van der Waals surface area contributed by atoms with Gasteiger partial charge in [0.05, 0.1) is 3.79 Å². The van der Waals surface area contributed by atoms with Gasteiger partial charge in [-0.3, -0.25) is 0 Å². The molecule has 2 amide bonds. The van der Waals surface area contributed by atoms with Crippen LogP contribution in [0.3, 0.4) is 0 Å². The lowest BCUT2D eigenvalue weighted by Gasteiger charge is -2.14. The number of thiophene rings is 1. The van der Waals surface area contributed by atoms with E-state index in [-0.39, 0.29) is 6.04 Å². The van der Waals surface area contributed by atoms with Crippen LogP contribution in [0.2, 0.25) is 0 Å². The molecular weight excluding hydrogens is 350 g/mol. The topological polar surface area (TPSA) is 67.2 Å². The Balaban J connectivity index is 1.82. The summed E-state index contributed by atoms with van der Waals surface area (Å²) >= 11 is 5.24. The molecule has 21 heavy (non-hydrogen) atoms. The molecule has 4 nitrogen and oxygen atoms in total. The summed E-state index contributed by atoms with van der Waals surface area (Å²) in [5, 5.41) is 6.05. The molecule has 1 atom stereocenters. The van der Waals surface area contributed by atoms with Crippen LogP contribution >= 0.6 is 27.3 Å². The standard InChI is InChI=1S/C15H18BrN3OS/c1-10(18-9-8-13-6-7-14(16)21-13)11-2-4-12(5-3-11)19-15(17)20/h2-7,10,18H,8-9H2,1H3,(H3,17,19,20). The van der Waals surface area contributed by atoms with Crippen LogP contribution in [0.5, 0.6) is 0 Å². The van der Waals surface area contributed by atoms with Gasteiger partial charge >= 0.3 is 6.03 Å². The molecule has 0 radical (unpaired) electrons. The van der Waals surface area contributed by atoms with Crippen molar-refractivity contribution in [1.29, 1.82) is 0 Å². The van der Waals surface area contributed by atoms with E-state index in [2.05, 4.69) is 45.6 Å². The van der Waals surface area contributed by atoms with Crippen LogP contribution in [0, 0.1) is 0 Å². The third kappa shape index (κ3) is 5.15. The highest BCUT2D eigenvalue weighted by molar-refractivity contribution is 9.11. The van der Waals surface area contributed by atoms with E-state index in [0.717, 1.165) is 13.0 Å². The maximum Gasteiger partial charge on any atom is 0.316 e. The molecule has 1 heterocycles. The quantitative estimate of drug-likeness (QED) is 0.724. The maximum atomic E-state index is 10.8. The summed E-state index contributed by atoms with van der Waals surface area (Å²) < 4.78 is 1.17. The van der Waals surface area contributed by atoms with E-state index in [1.807, 2.05) is 24.3 Å². The highest BCUT2D eigenvalue weighted by Crippen LogP contribution is 2.22. The van der Waals surface area contributed by atoms with Crippen molar-refractivity contribution in [3.63, 3.8) is 0 Å². The molecule has 112 valence electrons. The molecule has 1 aromatic carbocycles. The Morgan fingerprint density at radius 1 is 1.29 bits per heavy atom. The van der Waals surface area contributed by atoms with E-state index in [1.54, 1.807) is 11.3 Å². The van der Waals surface area contributed by atoms with Crippen LogP contribution in [-0.4, -0.2) is 12.6 Å². The van der Waals surface area contributed by atoms with Gasteiger partial charge in [0, 0.05) is 23.2 Å². The minimum absolute atomic E-state index is 0.260. The second-order valence-corrected chi connectivity index (χ2v) is 7.29. The van der Waals surface area contributed by atoms with Crippen molar-refractivity contribution in [2.75, 3.05) is 11.9 Å². The van der Waals surface area contributed by atoms with Crippen LogP contribution in [-0.2, 0) is 6.42 Å². The van der Waals surface area contributed by atoms with Crippen LogP contribution in [0.25, 0.3) is 0 Å². The number of primary amides is 1. The minimum Gasteiger partial charge on any atom is -0.351 e. The Labute approximate surface area is 136 Å². The first-order valence-corrected chi connectivity index (χ1v) is 8.29. The van der Waals surface area contributed by atoms with Gasteiger partial charge in [-0.05, 0) is 59.1 Å². The molecule has 0 saturated carbocycles. The maximum absolute atomic E-state index is 10.8. The number of nitrogens with one attached hydrogen (secondary N) is 2. The lowest BCUT2D eigenvalue weighted by Crippen LogP contribution is -2.21. The number of amides is 2. The van der Waals surface area contributed by atoms with Gasteiger partial charge in [-0.15, -0.1) is 11.3 Å². The van der Waals surface area contributed by atoms with Gasteiger partial charge < -0.3 is 16.4 Å². The van der Waals surface area contributed by atoms with Gasteiger partial charge in [-0.1, -0.05) is 12.1 Å². The summed E-state index contributed by atoms with van der Waals surface area (Å²) in [4.78, 5) is 12.1. The van der Waals surface area contributed by atoms with Gasteiger partial charge in [-0.25, -0.2) is 4.79 Å². The molecule has 0 aliphatic carbocycles. The minimum atomic E-state index is -0.545. The zero-order chi connectivity index (χ0) is 15.2. The van der Waals surface area contributed by atoms with Crippen molar-refractivity contribution in [3.8, 4) is 0 Å². The fourth-order valence-corrected chi connectivity index (χ4v) is 3.50. The normalized spacial score (nSPS) is 12.1. The van der Waals surface area contributed by atoms with E-state index < -0.39 is 6.03 Å². The molecule has 1 aromatic heterocycles. The van der Waals surface area contributed by atoms with Crippen molar-refractivity contribution in [3.05, 3.63) is 50.6 Å². The molecule has 6 heteroatoms. The summed E-state index contributed by atoms with van der Waals surface area (Å²) in [5.74, 6) is 0. The smallest absolute Gasteiger partial charge is 0.316 e. The molecule has 1 unspecified atom stereocenters. The molecule has 0 spiro atoms. The average molecular weight is 368 g/mol. The zero-order valence-electron chi connectivity index (χ0n) is 11.7. The summed E-state index contributed by atoms with van der Waals surface area (Å²) in [7, 11) is 0. The average Bonchev–Trinajstić information content (AvgIpc) is 2.84. The Kier molecular flexibility index (Phi) is 5.78. The van der Waals surface area contributed by atoms with Gasteiger partial charge in [0.1, 0.15) is 0 Å². The van der Waals surface area contributed by atoms with Gasteiger partial charge in [0.25, 0.3) is 0 Å². The summed E-state index contributed by atoms with van der Waals surface area (Å²) in [6, 6.07) is 11.6. The Morgan fingerprint density at radius 2 is 2.00 bits per heavy atom. The predicted octanol–water partition coefficient (Wildman–Crippen LogP) is 3.89. The molecule has 4 N–H and O–H groups in total. The third-order valence-electron chi connectivity index (χ3n) is 3.13. The Hall–Kier alpha value is -1.37. The fourth-order valence-electron chi connectivity index (χ4n) is 2.01. The molecule has 0 bridgehead atoms. The van der Waals surface area contributed by atoms with Crippen molar-refractivity contribution >= 4 is 39.0 Å². The first-order valence-electron chi connectivity index (χ1n) is 6.68. The number of rotatable bonds is 6. The van der Waals surface area contributed by atoms with Gasteiger partial charge in [0.2, 0.25) is 0 Å². The number of carbonyl (C=O) groups is 1. The second kappa shape index (κ2) is 7.59. The lowest BCUT2D eigenvalue weighted by molar-refractivity contribution is 0.259. The molecule has 0 aliphatic rings. The number of nitrogens with two attached hydrogens (primary N) is 1. The summed E-state index contributed by atoms with van der Waals surface area (Å²) in [5.41, 5.74) is 6.97. The third-order valence-corrected chi connectivity index (χ3v) is 4.81. The van der Waals surface area contributed by atoms with Crippen molar-refractivity contribution < 1.29 is 4.79 Å². The van der Waals surface area contributed by atoms with E-state index in [4.69, 9.17) is 5.73 Å². The lowest BCUT2D eigenvalue weighted by atomic mass is 10.1. The Bertz CT molecular complexity index is 597. The first-order chi connectivity index (χ1) is 10.0. The Morgan fingerprint density at radius 3 is 2.57 bits per heavy atom. The summed E-state index contributed by atoms with van der Waals surface area (Å²) in [6.45, 7) is 3.05. The molecule has 2 aromatic rings. The number of hydrogen-bond acceptors (Lipinski definition) is 3. The van der Waals surface area contributed by atoms with Crippen LogP contribution in [0.4, 0.5) is 10.5 Å². The van der Waals surface area contributed by atoms with Crippen molar-refractivity contribution in [1.82, 2.24) is 5.32 Å². The monoisotopic (exact) mass is 367 g/mol. The van der Waals surface area contributed by atoms with Gasteiger partial charge in [-0.2, -0.15) is 0 Å². The van der Waals surface area contributed by atoms with Crippen LogP contribution in [0.15, 0.2) is 40.2 Å². The van der Waals surface area contributed by atoms with E-state index in [1.165, 1.54) is 14.2 Å². The van der Waals surface area contributed by atoms with Gasteiger partial charge in [0.15, 0.2) is 0 Å².